The van der Waals surface area contributed by atoms with E-state index in [4.69, 9.17) is 4.74 Å². The minimum absolute atomic E-state index is 0. The Bertz CT molecular complexity index is 1010. The van der Waals surface area contributed by atoms with Gasteiger partial charge in [-0.1, -0.05) is 31.5 Å². The molecule has 0 N–H and O–H groups in total. The first-order valence-corrected chi connectivity index (χ1v) is 12.4. The molecule has 2 aliphatic heterocycles. The first kappa shape index (κ1) is 26.2. The Morgan fingerprint density at radius 3 is 2.56 bits per heavy atom. The Morgan fingerprint density at radius 1 is 1.03 bits per heavy atom. The summed E-state index contributed by atoms with van der Waals surface area (Å²) in [4.78, 5) is 29.3. The maximum atomic E-state index is 12.8. The van der Waals surface area contributed by atoms with Gasteiger partial charge in [-0.3, -0.25) is 9.59 Å². The van der Waals surface area contributed by atoms with Gasteiger partial charge in [-0.15, -0.1) is 12.4 Å². The van der Waals surface area contributed by atoms with Crippen LogP contribution in [0, 0.1) is 0 Å². The zero-order valence-electron chi connectivity index (χ0n) is 20.5. The summed E-state index contributed by atoms with van der Waals surface area (Å²) in [5.41, 5.74) is 5.55. The fourth-order valence-electron chi connectivity index (χ4n) is 5.18. The molecular weight excluding hydrogens is 448 g/mol. The number of ether oxygens (including phenoxy) is 1. The summed E-state index contributed by atoms with van der Waals surface area (Å²) in [6.45, 7) is 6.09. The zero-order valence-corrected chi connectivity index (χ0v) is 21.3. The maximum Gasteiger partial charge on any atom is 0.227 e. The fraction of sp³-hybridized carbons (Fsp3) is 0.500. The summed E-state index contributed by atoms with van der Waals surface area (Å²) in [7, 11) is 1.73. The highest BCUT2D eigenvalue weighted by molar-refractivity contribution is 6.02. The van der Waals surface area contributed by atoms with Crippen molar-refractivity contribution in [2.45, 2.75) is 58.3 Å². The smallest absolute Gasteiger partial charge is 0.227 e. The van der Waals surface area contributed by atoms with Gasteiger partial charge in [0.05, 0.1) is 12.8 Å². The highest BCUT2D eigenvalue weighted by atomic mass is 35.5. The molecule has 0 aliphatic carbocycles. The first-order chi connectivity index (χ1) is 16.1. The summed E-state index contributed by atoms with van der Waals surface area (Å²) < 4.78 is 5.47. The molecule has 0 radical (unpaired) electrons. The van der Waals surface area contributed by atoms with E-state index >= 15 is 0 Å². The molecule has 0 bridgehead atoms. The van der Waals surface area contributed by atoms with Crippen molar-refractivity contribution < 1.29 is 14.3 Å². The van der Waals surface area contributed by atoms with Crippen molar-refractivity contribution in [3.8, 4) is 5.75 Å². The second-order valence-corrected chi connectivity index (χ2v) is 9.17. The number of nitrogens with zero attached hydrogens (tertiary/aromatic N) is 2. The number of rotatable bonds is 12. The Morgan fingerprint density at radius 2 is 1.79 bits per heavy atom. The van der Waals surface area contributed by atoms with Gasteiger partial charge in [0.25, 0.3) is 0 Å². The maximum absolute atomic E-state index is 12.8. The van der Waals surface area contributed by atoms with E-state index < -0.39 is 0 Å². The van der Waals surface area contributed by atoms with E-state index in [1.54, 1.807) is 7.11 Å². The van der Waals surface area contributed by atoms with Crippen LogP contribution in [0.1, 0.15) is 66.1 Å². The largest absolute Gasteiger partial charge is 0.496 e. The molecule has 0 fully saturated rings. The zero-order chi connectivity index (χ0) is 23.2. The molecular formula is C28H37ClN2O3. The topological polar surface area (TPSA) is 49.9 Å². The third kappa shape index (κ3) is 6.00. The predicted molar refractivity (Wildman–Crippen MR) is 140 cm³/mol. The molecule has 2 heterocycles. The van der Waals surface area contributed by atoms with Crippen LogP contribution in [0.25, 0.3) is 0 Å². The van der Waals surface area contributed by atoms with Crippen molar-refractivity contribution in [3.05, 3.63) is 58.7 Å². The van der Waals surface area contributed by atoms with Crippen molar-refractivity contribution in [1.29, 1.82) is 0 Å². The third-order valence-corrected chi connectivity index (χ3v) is 7.09. The minimum Gasteiger partial charge on any atom is -0.496 e. The number of Topliss-reactive ketones (excluding diaryl/α,β-unsaturated/α-hetero) is 1. The normalized spacial score (nSPS) is 14.2. The number of likely N-dealkylation sites (N-methyl/N-ethyl adjacent to an activating group) is 1. The average molecular weight is 485 g/mol. The van der Waals surface area contributed by atoms with Crippen LogP contribution in [-0.4, -0.2) is 49.9 Å². The van der Waals surface area contributed by atoms with Gasteiger partial charge in [-0.2, -0.15) is 0 Å². The Kier molecular flexibility index (Phi) is 9.54. The van der Waals surface area contributed by atoms with Crippen LogP contribution in [0.5, 0.6) is 5.75 Å². The highest BCUT2D eigenvalue weighted by Crippen LogP contribution is 2.37. The van der Waals surface area contributed by atoms with Crippen molar-refractivity contribution in [2.24, 2.45) is 0 Å². The molecule has 4 rings (SSSR count). The number of unbranched alkanes of at least 4 members (excludes halogenated alkanes) is 2. The number of carbonyl (C=O) groups is 2. The van der Waals surface area contributed by atoms with E-state index in [-0.39, 0.29) is 24.1 Å². The first-order valence-electron chi connectivity index (χ1n) is 12.4. The van der Waals surface area contributed by atoms with Crippen LogP contribution in [0.15, 0.2) is 36.4 Å². The average Bonchev–Trinajstić information content (AvgIpc) is 3.28. The minimum atomic E-state index is 0. The molecule has 0 aromatic heterocycles. The van der Waals surface area contributed by atoms with E-state index in [1.165, 1.54) is 16.7 Å². The molecule has 2 aromatic carbocycles. The molecule has 1 amide bonds. The molecule has 0 saturated heterocycles. The lowest BCUT2D eigenvalue weighted by Gasteiger charge is -2.25. The van der Waals surface area contributed by atoms with Crippen LogP contribution in [0.2, 0.25) is 0 Å². The van der Waals surface area contributed by atoms with Gasteiger partial charge >= 0.3 is 0 Å². The highest BCUT2D eigenvalue weighted by Gasteiger charge is 2.31. The number of amides is 1. The molecule has 0 saturated carbocycles. The van der Waals surface area contributed by atoms with Gasteiger partial charge < -0.3 is 14.5 Å². The molecule has 184 valence electrons. The van der Waals surface area contributed by atoms with Crippen molar-refractivity contribution in [1.82, 2.24) is 4.90 Å². The summed E-state index contributed by atoms with van der Waals surface area (Å²) >= 11 is 0. The van der Waals surface area contributed by atoms with E-state index in [1.807, 2.05) is 29.2 Å². The van der Waals surface area contributed by atoms with Gasteiger partial charge in [-0.25, -0.2) is 0 Å². The molecule has 5 nitrogen and oxygen atoms in total. The molecule has 0 spiro atoms. The standard InChI is InChI=1S/C28H36N2O3.ClH/c1-3-29(17-14-21-9-6-7-11-26(21)33-2)16-8-4-5-10-25(31)24-19-22-12-13-27(32)30-18-15-23(20-24)28(22)30;/h6-7,9,11,19-20H,3-5,8,10,12-18H2,1-2H3;1H. The number of benzene rings is 2. The monoisotopic (exact) mass is 484 g/mol. The van der Waals surface area contributed by atoms with Gasteiger partial charge in [0.15, 0.2) is 5.78 Å². The molecule has 34 heavy (non-hydrogen) atoms. The summed E-state index contributed by atoms with van der Waals surface area (Å²) in [5, 5.41) is 0. The number of para-hydroxylation sites is 1. The Labute approximate surface area is 209 Å². The SMILES string of the molecule is CCN(CCCCCC(=O)c1cc2c3c(c1)CCN3C(=O)CC2)CCc1ccccc1OC.Cl. The third-order valence-electron chi connectivity index (χ3n) is 7.09. The van der Waals surface area contributed by atoms with E-state index in [2.05, 4.69) is 24.0 Å². The molecule has 2 aliphatic rings. The van der Waals surface area contributed by atoms with Crippen LogP contribution in [0.3, 0.4) is 0 Å². The van der Waals surface area contributed by atoms with Gasteiger partial charge in [-0.05, 0) is 80.1 Å². The Balaban J connectivity index is 0.00000324. The number of hydrogen-bond acceptors (Lipinski definition) is 4. The van der Waals surface area contributed by atoms with E-state index in [9.17, 15) is 9.59 Å². The summed E-state index contributed by atoms with van der Waals surface area (Å²) in [5.74, 6) is 1.43. The van der Waals surface area contributed by atoms with Crippen molar-refractivity contribution in [3.63, 3.8) is 0 Å². The lowest BCUT2D eigenvalue weighted by molar-refractivity contribution is -0.118. The van der Waals surface area contributed by atoms with Crippen LogP contribution in [0.4, 0.5) is 5.69 Å². The second-order valence-electron chi connectivity index (χ2n) is 9.17. The van der Waals surface area contributed by atoms with E-state index in [0.29, 0.717) is 12.8 Å². The number of halogens is 1. The Hall–Kier alpha value is -2.37. The predicted octanol–water partition coefficient (Wildman–Crippen LogP) is 5.26. The van der Waals surface area contributed by atoms with Crippen LogP contribution >= 0.6 is 12.4 Å². The second kappa shape index (κ2) is 12.4. The van der Waals surface area contributed by atoms with Gasteiger partial charge in [0.1, 0.15) is 5.75 Å². The summed E-state index contributed by atoms with van der Waals surface area (Å²) in [6.07, 6.45) is 6.90. The summed E-state index contributed by atoms with van der Waals surface area (Å²) in [6, 6.07) is 12.3. The lowest BCUT2D eigenvalue weighted by Crippen LogP contribution is -2.32. The molecule has 0 unspecified atom stereocenters. The number of hydrogen-bond donors (Lipinski definition) is 0. The number of methoxy groups -OCH3 is 1. The van der Waals surface area contributed by atoms with Crippen LogP contribution < -0.4 is 9.64 Å². The number of carbonyl (C=O) groups excluding carboxylic acids is 2. The van der Waals surface area contributed by atoms with Crippen LogP contribution in [-0.2, 0) is 24.1 Å². The fourth-order valence-corrected chi connectivity index (χ4v) is 5.18. The van der Waals surface area contributed by atoms with Crippen molar-refractivity contribution >= 4 is 29.8 Å². The molecule has 2 aromatic rings. The number of aryl methyl sites for hydroxylation is 1. The van der Waals surface area contributed by atoms with Crippen molar-refractivity contribution in [2.75, 3.05) is 38.2 Å². The lowest BCUT2D eigenvalue weighted by atomic mass is 9.94. The molecule has 0 atom stereocenters. The number of anilines is 1. The molecule has 6 heteroatoms. The quantitative estimate of drug-likeness (QED) is 0.304. The van der Waals surface area contributed by atoms with Gasteiger partial charge in [0, 0.05) is 31.5 Å². The number of ketones is 1. The van der Waals surface area contributed by atoms with E-state index in [0.717, 1.165) is 81.7 Å². The van der Waals surface area contributed by atoms with Gasteiger partial charge in [0.2, 0.25) is 5.91 Å².